The van der Waals surface area contributed by atoms with Gasteiger partial charge in [-0.3, -0.25) is 0 Å². The number of nitrogens with one attached hydrogen (secondary N) is 1. The lowest BCUT2D eigenvalue weighted by Crippen LogP contribution is -2.31. The van der Waals surface area contributed by atoms with E-state index in [9.17, 15) is 8.42 Å². The zero-order chi connectivity index (χ0) is 15.7. The predicted molar refractivity (Wildman–Crippen MR) is 91.3 cm³/mol. The molecule has 0 bridgehead atoms. The summed E-state index contributed by atoms with van der Waals surface area (Å²) in [6.45, 7) is 8.54. The summed E-state index contributed by atoms with van der Waals surface area (Å²) < 4.78 is 23.9. The summed E-state index contributed by atoms with van der Waals surface area (Å²) in [5.74, 6) is 2.70. The van der Waals surface area contributed by atoms with Crippen LogP contribution in [0, 0.1) is 17.8 Å². The molecule has 0 aromatic carbocycles. The van der Waals surface area contributed by atoms with Gasteiger partial charge in [0, 0.05) is 5.75 Å². The molecule has 1 rings (SSSR count). The van der Waals surface area contributed by atoms with Gasteiger partial charge in [-0.15, -0.1) is 0 Å². The lowest BCUT2D eigenvalue weighted by atomic mass is 9.86. The van der Waals surface area contributed by atoms with Crippen molar-refractivity contribution in [3.63, 3.8) is 0 Å². The Balaban J connectivity index is 2.48. The number of rotatable bonds is 9. The molecule has 21 heavy (non-hydrogen) atoms. The van der Waals surface area contributed by atoms with Crippen LogP contribution in [0.3, 0.4) is 0 Å². The minimum atomic E-state index is -2.82. The van der Waals surface area contributed by atoms with E-state index < -0.39 is 9.84 Å². The second-order valence-electron chi connectivity index (χ2n) is 7.15. The van der Waals surface area contributed by atoms with Crippen LogP contribution in [0.4, 0.5) is 0 Å². The molecule has 0 spiro atoms. The fourth-order valence-corrected chi connectivity index (χ4v) is 4.90. The first-order valence-corrected chi connectivity index (χ1v) is 10.7. The van der Waals surface area contributed by atoms with Gasteiger partial charge in [-0.1, -0.05) is 46.5 Å². The van der Waals surface area contributed by atoms with E-state index >= 15 is 0 Å². The Kier molecular flexibility index (Phi) is 8.88. The molecule has 1 aliphatic carbocycles. The van der Waals surface area contributed by atoms with Gasteiger partial charge in [-0.25, -0.2) is 8.42 Å². The molecular formula is C17H35NO2S. The minimum absolute atomic E-state index is 0.357. The van der Waals surface area contributed by atoms with Crippen molar-refractivity contribution in [2.45, 2.75) is 65.7 Å². The molecule has 1 aliphatic rings. The van der Waals surface area contributed by atoms with Gasteiger partial charge in [0.2, 0.25) is 0 Å². The summed E-state index contributed by atoms with van der Waals surface area (Å²) in [5.41, 5.74) is 0. The fourth-order valence-electron chi connectivity index (χ4n) is 3.41. The Bertz CT molecular complexity index is 365. The Morgan fingerprint density at radius 1 is 1.05 bits per heavy atom. The van der Waals surface area contributed by atoms with Crippen LogP contribution in [0.15, 0.2) is 0 Å². The topological polar surface area (TPSA) is 46.2 Å². The molecule has 0 heterocycles. The van der Waals surface area contributed by atoms with Crippen LogP contribution in [0.2, 0.25) is 0 Å². The highest BCUT2D eigenvalue weighted by Gasteiger charge is 2.25. The molecule has 0 radical (unpaired) electrons. The van der Waals surface area contributed by atoms with E-state index in [1.54, 1.807) is 0 Å². The summed E-state index contributed by atoms with van der Waals surface area (Å²) in [7, 11) is -2.82. The van der Waals surface area contributed by atoms with Gasteiger partial charge < -0.3 is 5.32 Å². The molecule has 0 aliphatic heterocycles. The second-order valence-corrected chi connectivity index (χ2v) is 9.45. The van der Waals surface area contributed by atoms with Crippen molar-refractivity contribution in [3.05, 3.63) is 0 Å². The maximum Gasteiger partial charge on any atom is 0.150 e. The maximum atomic E-state index is 12.0. The van der Waals surface area contributed by atoms with Crippen LogP contribution in [0.1, 0.15) is 65.7 Å². The van der Waals surface area contributed by atoms with Gasteiger partial charge in [0.15, 0.2) is 0 Å². The third-order valence-electron chi connectivity index (χ3n) is 4.59. The quantitative estimate of drug-likeness (QED) is 0.660. The van der Waals surface area contributed by atoms with E-state index in [0.717, 1.165) is 25.9 Å². The molecule has 4 heteroatoms. The highest BCUT2D eigenvalue weighted by molar-refractivity contribution is 7.91. The molecule has 0 aromatic heterocycles. The highest BCUT2D eigenvalue weighted by Crippen LogP contribution is 2.31. The van der Waals surface area contributed by atoms with Crippen molar-refractivity contribution in [1.29, 1.82) is 0 Å². The van der Waals surface area contributed by atoms with Crippen LogP contribution in [0.25, 0.3) is 0 Å². The Hall–Kier alpha value is -0.0900. The molecule has 1 fully saturated rings. The number of sulfone groups is 1. The van der Waals surface area contributed by atoms with Crippen LogP contribution in [-0.2, 0) is 9.84 Å². The summed E-state index contributed by atoms with van der Waals surface area (Å²) >= 11 is 0. The van der Waals surface area contributed by atoms with E-state index in [1.807, 2.05) is 6.92 Å². The Labute approximate surface area is 132 Å². The van der Waals surface area contributed by atoms with Crippen molar-refractivity contribution in [2.75, 3.05) is 24.6 Å². The SMILES string of the molecule is CCCS(=O)(=O)CCC1CCCCCC1CNCC(C)C. The van der Waals surface area contributed by atoms with Crippen molar-refractivity contribution in [2.24, 2.45) is 17.8 Å². The molecule has 0 saturated heterocycles. The standard InChI is InChI=1S/C17H35NO2S/c1-4-11-21(19,20)12-10-16-8-6-5-7-9-17(16)14-18-13-15(2)3/h15-18H,4-14H2,1-3H3. The van der Waals surface area contributed by atoms with Gasteiger partial charge in [-0.2, -0.15) is 0 Å². The first-order valence-electron chi connectivity index (χ1n) is 8.85. The lowest BCUT2D eigenvalue weighted by Gasteiger charge is -2.26. The summed E-state index contributed by atoms with van der Waals surface area (Å²) in [5, 5.41) is 3.59. The molecule has 1 N–H and O–H groups in total. The minimum Gasteiger partial charge on any atom is -0.316 e. The van der Waals surface area contributed by atoms with Crippen LogP contribution in [-0.4, -0.2) is 33.0 Å². The average Bonchev–Trinajstić information content (AvgIpc) is 2.61. The molecule has 0 amide bonds. The average molecular weight is 318 g/mol. The predicted octanol–water partition coefficient (Wildman–Crippen LogP) is 3.64. The van der Waals surface area contributed by atoms with Gasteiger partial charge in [0.1, 0.15) is 9.84 Å². The highest BCUT2D eigenvalue weighted by atomic mass is 32.2. The van der Waals surface area contributed by atoms with E-state index in [-0.39, 0.29) is 0 Å². The Morgan fingerprint density at radius 2 is 1.71 bits per heavy atom. The van der Waals surface area contributed by atoms with Gasteiger partial charge >= 0.3 is 0 Å². The number of hydrogen-bond acceptors (Lipinski definition) is 3. The van der Waals surface area contributed by atoms with Crippen molar-refractivity contribution in [1.82, 2.24) is 5.32 Å². The third kappa shape index (κ3) is 8.20. The molecule has 0 aromatic rings. The molecule has 2 atom stereocenters. The maximum absolute atomic E-state index is 12.0. The molecule has 3 nitrogen and oxygen atoms in total. The van der Waals surface area contributed by atoms with Gasteiger partial charge in [-0.05, 0) is 50.1 Å². The van der Waals surface area contributed by atoms with E-state index in [2.05, 4.69) is 19.2 Å². The summed E-state index contributed by atoms with van der Waals surface area (Å²) in [6, 6.07) is 0. The first-order chi connectivity index (χ1) is 9.94. The smallest absolute Gasteiger partial charge is 0.150 e. The molecule has 2 unspecified atom stereocenters. The second kappa shape index (κ2) is 9.83. The van der Waals surface area contributed by atoms with Crippen molar-refractivity contribution in [3.8, 4) is 0 Å². The zero-order valence-corrected chi connectivity index (χ0v) is 15.1. The van der Waals surface area contributed by atoms with Crippen molar-refractivity contribution < 1.29 is 8.42 Å². The summed E-state index contributed by atoms with van der Waals surface area (Å²) in [4.78, 5) is 0. The third-order valence-corrected chi connectivity index (χ3v) is 6.48. The van der Waals surface area contributed by atoms with Crippen LogP contribution in [0.5, 0.6) is 0 Å². The summed E-state index contributed by atoms with van der Waals surface area (Å²) in [6.07, 6.45) is 8.01. The largest absolute Gasteiger partial charge is 0.316 e. The molecular weight excluding hydrogens is 282 g/mol. The fraction of sp³-hybridized carbons (Fsp3) is 1.00. The Morgan fingerprint density at radius 3 is 2.33 bits per heavy atom. The first kappa shape index (κ1) is 19.0. The number of hydrogen-bond donors (Lipinski definition) is 1. The van der Waals surface area contributed by atoms with Crippen LogP contribution < -0.4 is 5.32 Å². The molecule has 126 valence electrons. The molecule has 1 saturated carbocycles. The van der Waals surface area contributed by atoms with Gasteiger partial charge in [0.05, 0.1) is 5.75 Å². The van der Waals surface area contributed by atoms with Gasteiger partial charge in [0.25, 0.3) is 0 Å². The lowest BCUT2D eigenvalue weighted by molar-refractivity contribution is 0.288. The van der Waals surface area contributed by atoms with E-state index in [1.165, 1.54) is 32.1 Å². The zero-order valence-electron chi connectivity index (χ0n) is 14.2. The van der Waals surface area contributed by atoms with Crippen molar-refractivity contribution >= 4 is 9.84 Å². The van der Waals surface area contributed by atoms with E-state index in [0.29, 0.717) is 29.3 Å². The monoisotopic (exact) mass is 317 g/mol. The van der Waals surface area contributed by atoms with Crippen LogP contribution >= 0.6 is 0 Å². The van der Waals surface area contributed by atoms with E-state index in [4.69, 9.17) is 0 Å². The normalized spacial score (nSPS) is 24.2.